The van der Waals surface area contributed by atoms with Crippen molar-refractivity contribution >= 4 is 6.21 Å². The highest BCUT2D eigenvalue weighted by molar-refractivity contribution is 5.61. The molecule has 3 rings (SSSR count). The van der Waals surface area contributed by atoms with Crippen molar-refractivity contribution in [2.45, 2.75) is 84.3 Å². The van der Waals surface area contributed by atoms with Crippen LogP contribution in [0.15, 0.2) is 5.16 Å². The van der Waals surface area contributed by atoms with E-state index in [1.165, 1.54) is 6.42 Å². The summed E-state index contributed by atoms with van der Waals surface area (Å²) in [6.07, 6.45) is 10.0. The van der Waals surface area contributed by atoms with Crippen molar-refractivity contribution in [1.29, 1.82) is 0 Å². The molecule has 3 aliphatic carbocycles. The molecule has 3 saturated carbocycles. The predicted octanol–water partition coefficient (Wildman–Crippen LogP) is 3.93. The molecule has 29 heavy (non-hydrogen) atoms. The van der Waals surface area contributed by atoms with E-state index in [9.17, 15) is 10.2 Å². The molecule has 168 valence electrons. The highest BCUT2D eigenvalue weighted by atomic mass is 16.6. The van der Waals surface area contributed by atoms with Crippen LogP contribution in [0.5, 0.6) is 0 Å². The first kappa shape index (κ1) is 23.0. The molecule has 0 aromatic carbocycles. The minimum atomic E-state index is -0.329. The van der Waals surface area contributed by atoms with E-state index in [-0.39, 0.29) is 29.0 Å². The average molecular weight is 409 g/mol. The van der Waals surface area contributed by atoms with Gasteiger partial charge >= 0.3 is 0 Å². The number of oxime groups is 1. The Morgan fingerprint density at radius 1 is 1.17 bits per heavy atom. The van der Waals surface area contributed by atoms with Gasteiger partial charge in [0.2, 0.25) is 0 Å². The standard InChI is InChI=1S/C24H44N2O3/c1-6-10-23(2)11-9-20-19(22(23)28)8-7-18-14-21(27)17(15-24(18,20)3)16-25-29-13-12-26(4)5/h16-22,27-28H,6-15H2,1-5H3/b25-16+/t17?,18-,19-,20+,21-,22+,23+,24+/m1/s1. The van der Waals surface area contributed by atoms with Crippen molar-refractivity contribution < 1.29 is 15.1 Å². The second-order valence-electron chi connectivity index (χ2n) is 11.0. The molecular formula is C24H44N2O3. The highest BCUT2D eigenvalue weighted by Crippen LogP contribution is 2.62. The van der Waals surface area contributed by atoms with Crippen LogP contribution >= 0.6 is 0 Å². The Kier molecular flexibility index (Phi) is 7.33. The molecule has 1 unspecified atom stereocenters. The summed E-state index contributed by atoms with van der Waals surface area (Å²) in [6.45, 7) is 8.37. The molecule has 5 nitrogen and oxygen atoms in total. The third-order valence-corrected chi connectivity index (χ3v) is 8.76. The second-order valence-corrected chi connectivity index (χ2v) is 11.0. The van der Waals surface area contributed by atoms with E-state index >= 15 is 0 Å². The fraction of sp³-hybridized carbons (Fsp3) is 0.958. The number of fused-ring (bicyclic) bond motifs is 3. The second kappa shape index (κ2) is 9.23. The van der Waals surface area contributed by atoms with Crippen LogP contribution in [0.1, 0.15) is 72.1 Å². The molecule has 0 spiro atoms. The molecule has 0 aromatic heterocycles. The van der Waals surface area contributed by atoms with Gasteiger partial charge < -0.3 is 20.0 Å². The Hall–Kier alpha value is -0.650. The molecule has 3 fully saturated rings. The molecule has 2 N–H and O–H groups in total. The number of hydrogen-bond acceptors (Lipinski definition) is 5. The van der Waals surface area contributed by atoms with Gasteiger partial charge in [0.15, 0.2) is 0 Å². The fourth-order valence-electron chi connectivity index (χ4n) is 7.00. The van der Waals surface area contributed by atoms with Gasteiger partial charge in [-0.2, -0.15) is 0 Å². The lowest BCUT2D eigenvalue weighted by molar-refractivity contribution is -0.162. The van der Waals surface area contributed by atoms with Crippen molar-refractivity contribution in [2.75, 3.05) is 27.2 Å². The lowest BCUT2D eigenvalue weighted by atomic mass is 9.45. The van der Waals surface area contributed by atoms with Crippen molar-refractivity contribution in [1.82, 2.24) is 4.90 Å². The maximum absolute atomic E-state index is 11.3. The van der Waals surface area contributed by atoms with Crippen molar-refractivity contribution in [2.24, 2.45) is 39.7 Å². The molecule has 0 radical (unpaired) electrons. The van der Waals surface area contributed by atoms with Crippen LogP contribution in [0.3, 0.4) is 0 Å². The maximum atomic E-state index is 11.3. The summed E-state index contributed by atoms with van der Waals surface area (Å²) in [5, 5.41) is 26.3. The minimum absolute atomic E-state index is 0.0513. The lowest BCUT2D eigenvalue weighted by Gasteiger charge is -2.61. The van der Waals surface area contributed by atoms with Crippen LogP contribution in [0.2, 0.25) is 0 Å². The number of nitrogens with zero attached hydrogens (tertiary/aromatic N) is 2. The van der Waals surface area contributed by atoms with Gasteiger partial charge in [-0.05, 0) is 87.6 Å². The summed E-state index contributed by atoms with van der Waals surface area (Å²) in [5.74, 6) is 1.57. The Bertz CT molecular complexity index is 568. The number of likely N-dealkylation sites (N-methyl/N-ethyl adjacent to an activating group) is 1. The van der Waals surface area contributed by atoms with Gasteiger partial charge in [0.05, 0.1) is 12.2 Å². The summed E-state index contributed by atoms with van der Waals surface area (Å²) >= 11 is 0. The van der Waals surface area contributed by atoms with E-state index in [0.717, 1.165) is 51.5 Å². The van der Waals surface area contributed by atoms with Crippen LogP contribution in [-0.4, -0.2) is 60.8 Å². The predicted molar refractivity (Wildman–Crippen MR) is 118 cm³/mol. The molecule has 0 aliphatic heterocycles. The fourth-order valence-corrected chi connectivity index (χ4v) is 7.00. The molecule has 8 atom stereocenters. The van der Waals surface area contributed by atoms with Gasteiger partial charge in [0, 0.05) is 18.7 Å². The zero-order valence-corrected chi connectivity index (χ0v) is 19.3. The average Bonchev–Trinajstić information content (AvgIpc) is 2.65. The first-order valence-corrected chi connectivity index (χ1v) is 11.9. The normalized spacial score (nSPS) is 45.2. The van der Waals surface area contributed by atoms with Crippen LogP contribution in [0.4, 0.5) is 0 Å². The largest absolute Gasteiger partial charge is 0.395 e. The zero-order valence-electron chi connectivity index (χ0n) is 19.3. The summed E-state index contributed by atoms with van der Waals surface area (Å²) in [6, 6.07) is 0. The van der Waals surface area contributed by atoms with E-state index in [1.807, 2.05) is 20.3 Å². The monoisotopic (exact) mass is 408 g/mol. The molecule has 0 amide bonds. The number of aliphatic hydroxyl groups excluding tert-OH is 2. The summed E-state index contributed by atoms with van der Waals surface area (Å²) < 4.78 is 0. The third kappa shape index (κ3) is 4.67. The maximum Gasteiger partial charge on any atom is 0.129 e. The number of rotatable bonds is 7. The van der Waals surface area contributed by atoms with E-state index in [0.29, 0.717) is 24.4 Å². The summed E-state index contributed by atoms with van der Waals surface area (Å²) in [5.41, 5.74) is 0.255. The van der Waals surface area contributed by atoms with Crippen LogP contribution in [-0.2, 0) is 4.84 Å². The Balaban J connectivity index is 1.69. The highest BCUT2D eigenvalue weighted by Gasteiger charge is 2.57. The number of hydrogen-bond donors (Lipinski definition) is 2. The molecular weight excluding hydrogens is 364 g/mol. The van der Waals surface area contributed by atoms with Gasteiger partial charge in [-0.3, -0.25) is 0 Å². The Morgan fingerprint density at radius 2 is 1.93 bits per heavy atom. The summed E-state index contributed by atoms with van der Waals surface area (Å²) in [7, 11) is 4.03. The smallest absolute Gasteiger partial charge is 0.129 e. The molecule has 0 saturated heterocycles. The zero-order chi connectivity index (χ0) is 21.2. The first-order chi connectivity index (χ1) is 13.7. The van der Waals surface area contributed by atoms with Crippen LogP contribution < -0.4 is 0 Å². The van der Waals surface area contributed by atoms with E-state index in [2.05, 4.69) is 30.8 Å². The SMILES string of the molecule is CCC[C@@]1(C)CC[C@H]2[C@@H](CC[C@@H]3C[C@@H](O)C(/C=N/OCCN(C)C)C[C@@]32C)[C@@H]1O. The molecule has 3 aliphatic rings. The van der Waals surface area contributed by atoms with Gasteiger partial charge in [-0.1, -0.05) is 32.3 Å². The molecule has 0 heterocycles. The van der Waals surface area contributed by atoms with Gasteiger partial charge in [0.1, 0.15) is 6.61 Å². The molecule has 0 aromatic rings. The number of aliphatic hydroxyl groups is 2. The third-order valence-electron chi connectivity index (χ3n) is 8.76. The van der Waals surface area contributed by atoms with E-state index in [1.54, 1.807) is 0 Å². The van der Waals surface area contributed by atoms with Crippen LogP contribution in [0.25, 0.3) is 0 Å². The summed E-state index contributed by atoms with van der Waals surface area (Å²) in [4.78, 5) is 7.49. The Labute approximate surface area is 177 Å². The lowest BCUT2D eigenvalue weighted by Crippen LogP contribution is -2.57. The molecule has 5 heteroatoms. The van der Waals surface area contributed by atoms with Gasteiger partial charge in [-0.25, -0.2) is 0 Å². The minimum Gasteiger partial charge on any atom is -0.395 e. The van der Waals surface area contributed by atoms with Gasteiger partial charge in [-0.15, -0.1) is 0 Å². The van der Waals surface area contributed by atoms with Crippen molar-refractivity contribution in [3.8, 4) is 0 Å². The quantitative estimate of drug-likeness (QED) is 0.381. The molecule has 0 bridgehead atoms. The van der Waals surface area contributed by atoms with E-state index in [4.69, 9.17) is 4.84 Å². The van der Waals surface area contributed by atoms with Crippen molar-refractivity contribution in [3.63, 3.8) is 0 Å². The van der Waals surface area contributed by atoms with E-state index < -0.39 is 0 Å². The van der Waals surface area contributed by atoms with Gasteiger partial charge in [0.25, 0.3) is 0 Å². The topological polar surface area (TPSA) is 65.3 Å². The van der Waals surface area contributed by atoms with Crippen molar-refractivity contribution in [3.05, 3.63) is 0 Å². The van der Waals surface area contributed by atoms with Crippen LogP contribution in [0, 0.1) is 34.5 Å². The first-order valence-electron chi connectivity index (χ1n) is 11.9. The Morgan fingerprint density at radius 3 is 2.62 bits per heavy atom.